The maximum atomic E-state index is 6.91. The molecule has 0 bridgehead atoms. The molecule has 0 spiro atoms. The number of fused-ring (bicyclic) bond motifs is 15. The van der Waals surface area contributed by atoms with Crippen LogP contribution < -0.4 is 9.80 Å². The van der Waals surface area contributed by atoms with Gasteiger partial charge in [0, 0.05) is 49.7 Å². The van der Waals surface area contributed by atoms with Crippen LogP contribution in [0.25, 0.3) is 99.3 Å². The Morgan fingerprint density at radius 2 is 1.05 bits per heavy atom. The Kier molecular flexibility index (Phi) is 12.0. The molecule has 0 saturated carbocycles. The summed E-state index contributed by atoms with van der Waals surface area (Å²) in [7, 11) is 0. The molecule has 0 amide bonds. The fourth-order valence-corrected chi connectivity index (χ4v) is 16.3. The molecule has 0 fully saturated rings. The number of rotatable bonds is 8. The second-order valence-electron chi connectivity index (χ2n) is 26.9. The van der Waals surface area contributed by atoms with Gasteiger partial charge in [0.05, 0.1) is 11.4 Å². The predicted molar refractivity (Wildman–Crippen MR) is 368 cm³/mol. The van der Waals surface area contributed by atoms with E-state index < -0.39 is 5.41 Å². The lowest BCUT2D eigenvalue weighted by Crippen LogP contribution is -2.50. The molecule has 3 aliphatic carbocycles. The van der Waals surface area contributed by atoms with Gasteiger partial charge in [-0.15, -0.1) is 0 Å². The Labute approximate surface area is 510 Å². The lowest BCUT2D eigenvalue weighted by Gasteiger charge is -2.53. The van der Waals surface area contributed by atoms with E-state index in [1.165, 1.54) is 71.6 Å². The van der Waals surface area contributed by atoms with E-state index >= 15 is 0 Å². The number of hydrogen-bond donors (Lipinski definition) is 0. The third kappa shape index (κ3) is 8.10. The van der Waals surface area contributed by atoms with Crippen LogP contribution in [0.15, 0.2) is 251 Å². The summed E-state index contributed by atoms with van der Waals surface area (Å²) in [5.41, 5.74) is 22.3. The predicted octanol–water partition coefficient (Wildman–Crippen LogP) is 23.6. The molecule has 16 rings (SSSR count). The molecule has 11 aromatic carbocycles. The van der Waals surface area contributed by atoms with Crippen LogP contribution in [0.1, 0.15) is 89.6 Å². The quantitative estimate of drug-likeness (QED) is 0.152. The lowest BCUT2D eigenvalue weighted by molar-refractivity contribution is 0.0964. The van der Waals surface area contributed by atoms with Crippen molar-refractivity contribution in [2.75, 3.05) is 9.80 Å². The van der Waals surface area contributed by atoms with Gasteiger partial charge in [0.1, 0.15) is 11.2 Å². The van der Waals surface area contributed by atoms with Crippen molar-refractivity contribution in [1.29, 1.82) is 0 Å². The minimum absolute atomic E-state index is 0.238. The second-order valence-corrected chi connectivity index (χ2v) is 26.9. The molecule has 87 heavy (non-hydrogen) atoms. The van der Waals surface area contributed by atoms with Crippen molar-refractivity contribution < 1.29 is 8.83 Å². The molecule has 0 radical (unpaired) electrons. The van der Waals surface area contributed by atoms with Gasteiger partial charge < -0.3 is 18.6 Å². The molecule has 2 unspecified atom stereocenters. The van der Waals surface area contributed by atoms with E-state index in [0.29, 0.717) is 11.8 Å². The van der Waals surface area contributed by atoms with Crippen LogP contribution in [0.3, 0.4) is 0 Å². The highest BCUT2D eigenvalue weighted by molar-refractivity contribution is 6.13. The highest BCUT2D eigenvalue weighted by Gasteiger charge is 2.59. The van der Waals surface area contributed by atoms with Gasteiger partial charge in [-0.2, -0.15) is 0 Å². The van der Waals surface area contributed by atoms with Crippen LogP contribution in [-0.2, 0) is 11.8 Å². The average Bonchev–Trinajstić information content (AvgIpc) is 1.56. The Morgan fingerprint density at radius 1 is 0.471 bits per heavy atom. The summed E-state index contributed by atoms with van der Waals surface area (Å²) < 4.78 is 13.8. The van der Waals surface area contributed by atoms with Gasteiger partial charge in [0.15, 0.2) is 11.2 Å². The first kappa shape index (κ1) is 52.9. The van der Waals surface area contributed by atoms with E-state index in [9.17, 15) is 0 Å². The molecule has 0 saturated heterocycles. The SMILES string of the molecule is CC1C=Cc2c(c3c(c4ccc(N(c5cccc(-c6ccccc6)c5)c5cccc6c5oc5ccccc56)cc24)C(C(C)(C)C)(C(C)(C)C)c2cc4cc(N(C5=CCC(C)C(c6ccccc6)=C5)c5cccc6c5oc5ccccc56)ccc4cc2-3)C1. The molecule has 2 aromatic heterocycles. The normalized spacial score (nSPS) is 16.4. The topological polar surface area (TPSA) is 32.8 Å². The highest BCUT2D eigenvalue weighted by atomic mass is 16.3. The molecule has 424 valence electrons. The molecular formula is C83H70N2O2. The van der Waals surface area contributed by atoms with Crippen molar-refractivity contribution >= 4 is 106 Å². The zero-order valence-corrected chi connectivity index (χ0v) is 50.9. The Morgan fingerprint density at radius 3 is 1.72 bits per heavy atom. The molecule has 4 heteroatoms. The third-order valence-corrected chi connectivity index (χ3v) is 19.7. The molecule has 3 aliphatic rings. The van der Waals surface area contributed by atoms with Gasteiger partial charge >= 0.3 is 0 Å². The van der Waals surface area contributed by atoms with Crippen molar-refractivity contribution in [3.8, 4) is 22.3 Å². The molecule has 2 atom stereocenters. The largest absolute Gasteiger partial charge is 0.454 e. The smallest absolute Gasteiger partial charge is 0.159 e. The van der Waals surface area contributed by atoms with Gasteiger partial charge in [-0.1, -0.05) is 219 Å². The van der Waals surface area contributed by atoms with Crippen molar-refractivity contribution in [2.45, 2.75) is 73.6 Å². The van der Waals surface area contributed by atoms with Gasteiger partial charge in [0.2, 0.25) is 0 Å². The molecular weight excluding hydrogens is 1060 g/mol. The first-order valence-electron chi connectivity index (χ1n) is 31.2. The van der Waals surface area contributed by atoms with Crippen LogP contribution in [0.5, 0.6) is 0 Å². The fraction of sp³-hybridized carbons (Fsp3) is 0.181. The minimum atomic E-state index is -0.438. The molecule has 0 N–H and O–H groups in total. The summed E-state index contributed by atoms with van der Waals surface area (Å²) in [5.74, 6) is 0.732. The van der Waals surface area contributed by atoms with E-state index in [1.54, 1.807) is 0 Å². The Hall–Kier alpha value is -9.64. The molecule has 13 aromatic rings. The number of hydrogen-bond acceptors (Lipinski definition) is 4. The second kappa shape index (κ2) is 19.7. The van der Waals surface area contributed by atoms with Gasteiger partial charge in [-0.3, -0.25) is 0 Å². The van der Waals surface area contributed by atoms with Crippen molar-refractivity contribution in [3.05, 3.63) is 270 Å². The first-order valence-corrected chi connectivity index (χ1v) is 31.2. The zero-order valence-electron chi connectivity index (χ0n) is 50.9. The average molecular weight is 1130 g/mol. The zero-order chi connectivity index (χ0) is 59.1. The maximum Gasteiger partial charge on any atom is 0.159 e. The van der Waals surface area contributed by atoms with Gasteiger partial charge in [-0.05, 0) is 192 Å². The van der Waals surface area contributed by atoms with Crippen LogP contribution >= 0.6 is 0 Å². The molecule has 2 heterocycles. The molecule has 0 aliphatic heterocycles. The summed E-state index contributed by atoms with van der Waals surface area (Å²) in [6.45, 7) is 19.7. The van der Waals surface area contributed by atoms with Crippen LogP contribution in [0, 0.1) is 22.7 Å². The summed E-state index contributed by atoms with van der Waals surface area (Å²) in [4.78, 5) is 4.90. The monoisotopic (exact) mass is 1130 g/mol. The van der Waals surface area contributed by atoms with E-state index in [2.05, 4.69) is 308 Å². The Bertz CT molecular complexity index is 5040. The number of anilines is 5. The Balaban J connectivity index is 0.928. The minimum Gasteiger partial charge on any atom is -0.454 e. The number of nitrogens with zero attached hydrogens (tertiary/aromatic N) is 2. The summed E-state index contributed by atoms with van der Waals surface area (Å²) >= 11 is 0. The van der Waals surface area contributed by atoms with Crippen LogP contribution in [-0.4, -0.2) is 0 Å². The highest BCUT2D eigenvalue weighted by Crippen LogP contribution is 2.68. The number of furan rings is 2. The van der Waals surface area contributed by atoms with Gasteiger partial charge in [-0.25, -0.2) is 0 Å². The first-order chi connectivity index (χ1) is 42.2. The van der Waals surface area contributed by atoms with Crippen molar-refractivity contribution in [1.82, 2.24) is 0 Å². The van der Waals surface area contributed by atoms with Crippen molar-refractivity contribution in [3.63, 3.8) is 0 Å². The standard InChI is InChI=1S/C83H70N2O2/c1-51-36-42-62-69-50-61(84(58-27-19-26-55(45-58)53-22-11-9-12-23-53)73-32-20-30-66-63-28-15-17-34-75(63)86-79(66)73)41-43-65(69)78-77(70(62)44-51)71-47-56-38-40-59(46-57(56)48-72(71)83(78,81(3,4)5)82(6,7)8)85(60-39-37-52(2)68(49-60)54-24-13-10-14-25-54)74-33-21-31-67-64-29-16-18-35-76(64)87-80(67)74/h9-36,38-43,45-52H,37,44H2,1-8H3. The van der Waals surface area contributed by atoms with Gasteiger partial charge in [0.25, 0.3) is 0 Å². The van der Waals surface area contributed by atoms with Crippen LogP contribution in [0.2, 0.25) is 0 Å². The summed E-state index contributed by atoms with van der Waals surface area (Å²) in [6, 6.07) is 80.5. The number of para-hydroxylation sites is 4. The maximum absolute atomic E-state index is 6.91. The van der Waals surface area contributed by atoms with Crippen LogP contribution in [0.4, 0.5) is 28.4 Å². The van der Waals surface area contributed by atoms with E-state index in [0.717, 1.165) is 96.4 Å². The fourth-order valence-electron chi connectivity index (χ4n) is 16.3. The van der Waals surface area contributed by atoms with E-state index in [-0.39, 0.29) is 10.8 Å². The molecule has 4 nitrogen and oxygen atoms in total. The third-order valence-electron chi connectivity index (χ3n) is 19.7. The summed E-state index contributed by atoms with van der Waals surface area (Å²) in [5, 5.41) is 9.48. The summed E-state index contributed by atoms with van der Waals surface area (Å²) in [6.07, 6.45) is 11.6. The number of allylic oxidation sites excluding steroid dienone is 4. The number of benzene rings is 11. The van der Waals surface area contributed by atoms with E-state index in [4.69, 9.17) is 8.83 Å². The van der Waals surface area contributed by atoms with E-state index in [1.807, 2.05) is 0 Å². The lowest BCUT2D eigenvalue weighted by atomic mass is 9.49. The van der Waals surface area contributed by atoms with Crippen molar-refractivity contribution in [2.24, 2.45) is 22.7 Å².